The topological polar surface area (TPSA) is 49.4 Å². The summed E-state index contributed by atoms with van der Waals surface area (Å²) in [6.07, 6.45) is 5.78. The second kappa shape index (κ2) is 5.67. The van der Waals surface area contributed by atoms with Crippen LogP contribution in [0.3, 0.4) is 0 Å². The first-order valence-electron chi connectivity index (χ1n) is 6.83. The molecule has 1 unspecified atom stereocenters. The van der Waals surface area contributed by atoms with Gasteiger partial charge in [0.1, 0.15) is 0 Å². The molecule has 1 aliphatic heterocycles. The maximum absolute atomic E-state index is 12.1. The van der Waals surface area contributed by atoms with Gasteiger partial charge in [-0.25, -0.2) is 12.7 Å². The van der Waals surface area contributed by atoms with Crippen LogP contribution in [0.1, 0.15) is 39.0 Å². The molecule has 2 fully saturated rings. The van der Waals surface area contributed by atoms with Gasteiger partial charge in [0, 0.05) is 25.7 Å². The van der Waals surface area contributed by atoms with Gasteiger partial charge in [0.05, 0.1) is 5.75 Å². The largest absolute Gasteiger partial charge is 0.313 e. The minimum Gasteiger partial charge on any atom is -0.313 e. The number of hydrogen-bond donors (Lipinski definition) is 1. The van der Waals surface area contributed by atoms with Crippen LogP contribution in [0.15, 0.2) is 0 Å². The number of nitrogens with one attached hydrogen (secondary N) is 1. The van der Waals surface area contributed by atoms with Crippen molar-refractivity contribution in [3.63, 3.8) is 0 Å². The van der Waals surface area contributed by atoms with Crippen LogP contribution in [0.2, 0.25) is 0 Å². The van der Waals surface area contributed by atoms with Gasteiger partial charge in [-0.2, -0.15) is 0 Å². The zero-order valence-corrected chi connectivity index (χ0v) is 11.5. The third-order valence-corrected chi connectivity index (χ3v) is 5.55. The second-order valence-corrected chi connectivity index (χ2v) is 7.43. The van der Waals surface area contributed by atoms with Crippen LogP contribution in [-0.4, -0.2) is 44.2 Å². The second-order valence-electron chi connectivity index (χ2n) is 5.35. The Balaban J connectivity index is 1.75. The Morgan fingerprint density at radius 3 is 2.71 bits per heavy atom. The standard InChI is InChI=1S/C12H24N2O2S/c1-2-3-11-6-8-14(10-11)17(15,16)9-7-13-12-4-5-12/h11-13H,2-10H2,1H3. The van der Waals surface area contributed by atoms with Gasteiger partial charge in [-0.05, 0) is 31.6 Å². The Bertz CT molecular complexity index is 338. The van der Waals surface area contributed by atoms with Gasteiger partial charge in [0.25, 0.3) is 0 Å². The number of hydrogen-bond acceptors (Lipinski definition) is 3. The van der Waals surface area contributed by atoms with Gasteiger partial charge in [-0.15, -0.1) is 0 Å². The quantitative estimate of drug-likeness (QED) is 0.748. The Morgan fingerprint density at radius 2 is 2.06 bits per heavy atom. The summed E-state index contributed by atoms with van der Waals surface area (Å²) in [6, 6.07) is 0.594. The Hall–Kier alpha value is -0.130. The van der Waals surface area contributed by atoms with Gasteiger partial charge < -0.3 is 5.32 Å². The summed E-state index contributed by atoms with van der Waals surface area (Å²) in [5, 5.41) is 3.27. The SMILES string of the molecule is CCCC1CCN(S(=O)(=O)CCNC2CC2)C1. The fourth-order valence-corrected chi connectivity index (χ4v) is 3.96. The predicted octanol–water partition coefficient (Wildman–Crippen LogP) is 1.19. The van der Waals surface area contributed by atoms with Gasteiger partial charge in [-0.1, -0.05) is 13.3 Å². The van der Waals surface area contributed by atoms with Crippen molar-refractivity contribution in [2.24, 2.45) is 5.92 Å². The summed E-state index contributed by atoms with van der Waals surface area (Å²) in [7, 11) is -3.01. The normalized spacial score (nSPS) is 26.5. The maximum atomic E-state index is 12.1. The lowest BCUT2D eigenvalue weighted by Gasteiger charge is -2.16. The fraction of sp³-hybridized carbons (Fsp3) is 1.00. The van der Waals surface area contributed by atoms with Crippen molar-refractivity contribution in [2.75, 3.05) is 25.4 Å². The highest BCUT2D eigenvalue weighted by Gasteiger charge is 2.30. The summed E-state index contributed by atoms with van der Waals surface area (Å²) in [5.41, 5.74) is 0. The number of nitrogens with zero attached hydrogens (tertiary/aromatic N) is 1. The molecule has 2 rings (SSSR count). The first kappa shape index (κ1) is 13.3. The van der Waals surface area contributed by atoms with E-state index in [0.29, 0.717) is 18.5 Å². The van der Waals surface area contributed by atoms with E-state index in [0.717, 1.165) is 32.4 Å². The first-order valence-corrected chi connectivity index (χ1v) is 8.44. The van der Waals surface area contributed by atoms with Crippen molar-refractivity contribution < 1.29 is 8.42 Å². The predicted molar refractivity (Wildman–Crippen MR) is 69.4 cm³/mol. The van der Waals surface area contributed by atoms with E-state index in [9.17, 15) is 8.42 Å². The third-order valence-electron chi connectivity index (χ3n) is 3.71. The smallest absolute Gasteiger partial charge is 0.215 e. The van der Waals surface area contributed by atoms with E-state index >= 15 is 0 Å². The fourth-order valence-electron chi connectivity index (χ4n) is 2.50. The maximum Gasteiger partial charge on any atom is 0.215 e. The van der Waals surface area contributed by atoms with E-state index in [1.807, 2.05) is 0 Å². The number of rotatable bonds is 7. The zero-order chi connectivity index (χ0) is 12.3. The molecule has 0 amide bonds. The van der Waals surface area contributed by atoms with Gasteiger partial charge >= 0.3 is 0 Å². The average Bonchev–Trinajstić information content (AvgIpc) is 2.96. The Labute approximate surface area is 105 Å². The monoisotopic (exact) mass is 260 g/mol. The Morgan fingerprint density at radius 1 is 1.29 bits per heavy atom. The molecule has 4 nitrogen and oxygen atoms in total. The molecule has 1 heterocycles. The van der Waals surface area contributed by atoms with Crippen LogP contribution in [0.4, 0.5) is 0 Å². The van der Waals surface area contributed by atoms with E-state index in [1.54, 1.807) is 4.31 Å². The summed E-state index contributed by atoms with van der Waals surface area (Å²) < 4.78 is 25.8. The molecule has 17 heavy (non-hydrogen) atoms. The molecule has 100 valence electrons. The van der Waals surface area contributed by atoms with Crippen LogP contribution in [-0.2, 0) is 10.0 Å². The molecule has 1 saturated heterocycles. The molecule has 1 atom stereocenters. The highest BCUT2D eigenvalue weighted by Crippen LogP contribution is 2.23. The van der Waals surface area contributed by atoms with Crippen LogP contribution in [0.25, 0.3) is 0 Å². The van der Waals surface area contributed by atoms with Gasteiger partial charge in [0.15, 0.2) is 0 Å². The lowest BCUT2D eigenvalue weighted by atomic mass is 10.0. The average molecular weight is 260 g/mol. The summed E-state index contributed by atoms with van der Waals surface area (Å²) in [4.78, 5) is 0. The molecule has 0 aromatic heterocycles. The molecule has 1 saturated carbocycles. The molecule has 0 aromatic carbocycles. The summed E-state index contributed by atoms with van der Waals surface area (Å²) in [6.45, 7) is 4.26. The molecule has 5 heteroatoms. The lowest BCUT2D eigenvalue weighted by molar-refractivity contribution is 0.443. The first-order chi connectivity index (χ1) is 8.12. The minimum atomic E-state index is -3.01. The molecule has 0 radical (unpaired) electrons. The lowest BCUT2D eigenvalue weighted by Crippen LogP contribution is -2.35. The zero-order valence-electron chi connectivity index (χ0n) is 10.7. The molecule has 2 aliphatic rings. The molecular formula is C12H24N2O2S. The van der Waals surface area contributed by atoms with Crippen LogP contribution in [0.5, 0.6) is 0 Å². The molecule has 0 spiro atoms. The highest BCUT2D eigenvalue weighted by molar-refractivity contribution is 7.89. The van der Waals surface area contributed by atoms with Crippen molar-refractivity contribution >= 4 is 10.0 Å². The number of sulfonamides is 1. The molecule has 0 aromatic rings. The van der Waals surface area contributed by atoms with Crippen molar-refractivity contribution in [1.82, 2.24) is 9.62 Å². The molecular weight excluding hydrogens is 236 g/mol. The highest BCUT2D eigenvalue weighted by atomic mass is 32.2. The van der Waals surface area contributed by atoms with E-state index in [-0.39, 0.29) is 5.75 Å². The summed E-state index contributed by atoms with van der Waals surface area (Å²) in [5.74, 6) is 0.855. The van der Waals surface area contributed by atoms with Crippen molar-refractivity contribution in [1.29, 1.82) is 0 Å². The molecule has 0 bridgehead atoms. The van der Waals surface area contributed by atoms with Crippen molar-refractivity contribution in [3.05, 3.63) is 0 Å². The molecule has 1 aliphatic carbocycles. The van der Waals surface area contributed by atoms with E-state index in [4.69, 9.17) is 0 Å². The third kappa shape index (κ3) is 3.93. The minimum absolute atomic E-state index is 0.266. The van der Waals surface area contributed by atoms with Gasteiger partial charge in [0.2, 0.25) is 10.0 Å². The summed E-state index contributed by atoms with van der Waals surface area (Å²) >= 11 is 0. The van der Waals surface area contributed by atoms with Crippen LogP contribution in [0, 0.1) is 5.92 Å². The van der Waals surface area contributed by atoms with E-state index in [1.165, 1.54) is 12.8 Å². The van der Waals surface area contributed by atoms with Crippen molar-refractivity contribution in [3.8, 4) is 0 Å². The Kier molecular flexibility index (Phi) is 4.44. The molecule has 1 N–H and O–H groups in total. The van der Waals surface area contributed by atoms with Gasteiger partial charge in [-0.3, -0.25) is 0 Å². The van der Waals surface area contributed by atoms with E-state index < -0.39 is 10.0 Å². The van der Waals surface area contributed by atoms with Crippen LogP contribution >= 0.6 is 0 Å². The van der Waals surface area contributed by atoms with Crippen LogP contribution < -0.4 is 5.32 Å². The van der Waals surface area contributed by atoms with E-state index in [2.05, 4.69) is 12.2 Å². The van der Waals surface area contributed by atoms with Crippen molar-refractivity contribution in [2.45, 2.75) is 45.1 Å².